The average molecular weight is 257 g/mol. The van der Waals surface area contributed by atoms with E-state index >= 15 is 0 Å². The van der Waals surface area contributed by atoms with Gasteiger partial charge in [-0.15, -0.1) is 0 Å². The van der Waals surface area contributed by atoms with Crippen molar-refractivity contribution in [1.29, 1.82) is 0 Å². The quantitative estimate of drug-likeness (QED) is 0.493. The van der Waals surface area contributed by atoms with Crippen molar-refractivity contribution in [2.24, 2.45) is 5.84 Å². The SMILES string of the molecule is Cc1cccc(-n2c(C)cc(C(=O)NN)c2C)c1C. The van der Waals surface area contributed by atoms with Crippen molar-refractivity contribution in [3.05, 3.63) is 52.3 Å². The Balaban J connectivity index is 2.67. The lowest BCUT2D eigenvalue weighted by Crippen LogP contribution is -2.30. The number of carbonyl (C=O) groups is 1. The first kappa shape index (κ1) is 13.4. The van der Waals surface area contributed by atoms with Crippen LogP contribution in [0, 0.1) is 27.7 Å². The van der Waals surface area contributed by atoms with Crippen molar-refractivity contribution in [1.82, 2.24) is 9.99 Å². The van der Waals surface area contributed by atoms with Gasteiger partial charge in [0, 0.05) is 17.1 Å². The minimum Gasteiger partial charge on any atom is -0.317 e. The first-order chi connectivity index (χ1) is 8.97. The van der Waals surface area contributed by atoms with E-state index in [-0.39, 0.29) is 5.91 Å². The second-order valence-electron chi connectivity index (χ2n) is 4.81. The summed E-state index contributed by atoms with van der Waals surface area (Å²) in [6.07, 6.45) is 0. The van der Waals surface area contributed by atoms with Gasteiger partial charge in [0.05, 0.1) is 5.56 Å². The number of nitrogens with zero attached hydrogens (tertiary/aromatic N) is 1. The highest BCUT2D eigenvalue weighted by atomic mass is 16.2. The molecule has 0 aliphatic heterocycles. The van der Waals surface area contributed by atoms with Crippen LogP contribution in [0.1, 0.15) is 32.9 Å². The van der Waals surface area contributed by atoms with Gasteiger partial charge in [-0.3, -0.25) is 10.2 Å². The minimum absolute atomic E-state index is 0.260. The summed E-state index contributed by atoms with van der Waals surface area (Å²) >= 11 is 0. The van der Waals surface area contributed by atoms with Crippen molar-refractivity contribution in [2.75, 3.05) is 0 Å². The van der Waals surface area contributed by atoms with E-state index in [4.69, 9.17) is 5.84 Å². The smallest absolute Gasteiger partial charge is 0.267 e. The van der Waals surface area contributed by atoms with Gasteiger partial charge in [-0.25, -0.2) is 5.84 Å². The van der Waals surface area contributed by atoms with Gasteiger partial charge in [0.25, 0.3) is 5.91 Å². The molecule has 0 saturated heterocycles. The Morgan fingerprint density at radius 3 is 2.53 bits per heavy atom. The number of nitrogens with two attached hydrogens (primary N) is 1. The topological polar surface area (TPSA) is 60.0 Å². The molecule has 0 aliphatic rings. The highest BCUT2D eigenvalue weighted by Gasteiger charge is 2.16. The molecule has 0 fully saturated rings. The summed E-state index contributed by atoms with van der Waals surface area (Å²) in [6.45, 7) is 8.09. The average Bonchev–Trinajstić information content (AvgIpc) is 2.68. The number of amides is 1. The molecular formula is C15H19N3O. The van der Waals surface area contributed by atoms with Gasteiger partial charge >= 0.3 is 0 Å². The monoisotopic (exact) mass is 257 g/mol. The van der Waals surface area contributed by atoms with Gasteiger partial charge < -0.3 is 4.57 Å². The predicted molar refractivity (Wildman–Crippen MR) is 76.4 cm³/mol. The number of benzene rings is 1. The first-order valence-electron chi connectivity index (χ1n) is 6.23. The summed E-state index contributed by atoms with van der Waals surface area (Å²) in [5.74, 6) is 4.96. The fourth-order valence-electron chi connectivity index (χ4n) is 2.42. The Kier molecular flexibility index (Phi) is 3.44. The van der Waals surface area contributed by atoms with Crippen LogP contribution in [0.25, 0.3) is 5.69 Å². The van der Waals surface area contributed by atoms with E-state index < -0.39 is 0 Å². The molecule has 0 unspecified atom stereocenters. The molecule has 100 valence electrons. The molecule has 0 aliphatic carbocycles. The van der Waals surface area contributed by atoms with Gasteiger partial charge in [-0.1, -0.05) is 12.1 Å². The van der Waals surface area contributed by atoms with Crippen LogP contribution in [0.5, 0.6) is 0 Å². The second kappa shape index (κ2) is 4.90. The van der Waals surface area contributed by atoms with Crippen LogP contribution in [0.15, 0.2) is 24.3 Å². The largest absolute Gasteiger partial charge is 0.317 e. The maximum atomic E-state index is 11.7. The summed E-state index contributed by atoms with van der Waals surface area (Å²) in [6, 6.07) is 8.03. The molecular weight excluding hydrogens is 238 g/mol. The molecule has 0 radical (unpaired) electrons. The van der Waals surface area contributed by atoms with Crippen molar-refractivity contribution in [2.45, 2.75) is 27.7 Å². The van der Waals surface area contributed by atoms with Gasteiger partial charge in [0.15, 0.2) is 0 Å². The summed E-state index contributed by atoms with van der Waals surface area (Å²) in [4.78, 5) is 11.7. The minimum atomic E-state index is -0.260. The normalized spacial score (nSPS) is 10.6. The summed E-state index contributed by atoms with van der Waals surface area (Å²) in [5, 5.41) is 0. The lowest BCUT2D eigenvalue weighted by molar-refractivity contribution is 0.0953. The van der Waals surface area contributed by atoms with E-state index in [2.05, 4.69) is 36.0 Å². The van der Waals surface area contributed by atoms with Gasteiger partial charge in [0.1, 0.15) is 0 Å². The van der Waals surface area contributed by atoms with Crippen LogP contribution < -0.4 is 11.3 Å². The molecule has 0 bridgehead atoms. The molecule has 3 N–H and O–H groups in total. The van der Waals surface area contributed by atoms with Crippen LogP contribution >= 0.6 is 0 Å². The van der Waals surface area contributed by atoms with Crippen LogP contribution in [0.4, 0.5) is 0 Å². The zero-order valence-corrected chi connectivity index (χ0v) is 11.7. The van der Waals surface area contributed by atoms with Crippen LogP contribution in [-0.2, 0) is 0 Å². The maximum Gasteiger partial charge on any atom is 0.267 e. The fraction of sp³-hybridized carbons (Fsp3) is 0.267. The molecule has 1 amide bonds. The Morgan fingerprint density at radius 2 is 1.89 bits per heavy atom. The predicted octanol–water partition coefficient (Wildman–Crippen LogP) is 2.31. The van der Waals surface area contributed by atoms with Crippen molar-refractivity contribution in [3.63, 3.8) is 0 Å². The second-order valence-corrected chi connectivity index (χ2v) is 4.81. The Labute approximate surface area is 113 Å². The Morgan fingerprint density at radius 1 is 1.21 bits per heavy atom. The molecule has 19 heavy (non-hydrogen) atoms. The number of hydrazine groups is 1. The van der Waals surface area contributed by atoms with E-state index in [1.165, 1.54) is 11.1 Å². The molecule has 0 atom stereocenters. The highest BCUT2D eigenvalue weighted by Crippen LogP contribution is 2.24. The number of hydrogen-bond donors (Lipinski definition) is 2. The molecule has 2 aromatic rings. The van der Waals surface area contributed by atoms with Crippen LogP contribution in [0.3, 0.4) is 0 Å². The third-order valence-electron chi connectivity index (χ3n) is 3.62. The zero-order valence-electron chi connectivity index (χ0n) is 11.7. The van der Waals surface area contributed by atoms with Crippen LogP contribution in [-0.4, -0.2) is 10.5 Å². The van der Waals surface area contributed by atoms with Gasteiger partial charge in [0.2, 0.25) is 0 Å². The molecule has 4 nitrogen and oxygen atoms in total. The summed E-state index contributed by atoms with van der Waals surface area (Å²) in [5.41, 5.74) is 8.26. The number of aryl methyl sites for hydroxylation is 2. The van der Waals surface area contributed by atoms with Crippen molar-refractivity contribution in [3.8, 4) is 5.69 Å². The molecule has 2 rings (SSSR count). The van der Waals surface area contributed by atoms with E-state index in [1.807, 2.05) is 26.0 Å². The molecule has 1 heterocycles. The van der Waals surface area contributed by atoms with Crippen LogP contribution in [0.2, 0.25) is 0 Å². The fourth-order valence-corrected chi connectivity index (χ4v) is 2.42. The molecule has 0 saturated carbocycles. The van der Waals surface area contributed by atoms with Gasteiger partial charge in [-0.05, 0) is 51.0 Å². The van der Waals surface area contributed by atoms with Crippen molar-refractivity contribution < 1.29 is 4.79 Å². The number of hydrogen-bond acceptors (Lipinski definition) is 2. The molecule has 4 heteroatoms. The third kappa shape index (κ3) is 2.15. The molecule has 1 aromatic carbocycles. The summed E-state index contributed by atoms with van der Waals surface area (Å²) in [7, 11) is 0. The molecule has 1 aromatic heterocycles. The van der Waals surface area contributed by atoms with E-state index in [9.17, 15) is 4.79 Å². The maximum absolute atomic E-state index is 11.7. The standard InChI is InChI=1S/C15H19N3O/c1-9-6-5-7-14(11(9)3)18-10(2)8-13(12(18)4)15(19)17-16/h5-8H,16H2,1-4H3,(H,17,19). The summed E-state index contributed by atoms with van der Waals surface area (Å²) < 4.78 is 2.09. The number of nitrogens with one attached hydrogen (secondary N) is 1. The number of rotatable bonds is 2. The molecule has 0 spiro atoms. The van der Waals surface area contributed by atoms with Crippen molar-refractivity contribution >= 4 is 5.91 Å². The van der Waals surface area contributed by atoms with E-state index in [1.54, 1.807) is 0 Å². The number of nitrogen functional groups attached to an aromatic ring is 1. The van der Waals surface area contributed by atoms with E-state index in [0.29, 0.717) is 5.56 Å². The number of carbonyl (C=O) groups excluding carboxylic acids is 1. The first-order valence-corrected chi connectivity index (χ1v) is 6.23. The Bertz CT molecular complexity index is 641. The van der Waals surface area contributed by atoms with Gasteiger partial charge in [-0.2, -0.15) is 0 Å². The highest BCUT2D eigenvalue weighted by molar-refractivity contribution is 5.95. The Hall–Kier alpha value is -2.07. The van der Waals surface area contributed by atoms with E-state index in [0.717, 1.165) is 17.1 Å². The number of aromatic nitrogens is 1. The lowest BCUT2D eigenvalue weighted by Gasteiger charge is -2.14. The lowest BCUT2D eigenvalue weighted by atomic mass is 10.1. The third-order valence-corrected chi connectivity index (χ3v) is 3.62. The zero-order chi connectivity index (χ0) is 14.2.